The molecule has 0 aliphatic rings. The summed E-state index contributed by atoms with van der Waals surface area (Å²) in [6.07, 6.45) is 0. The standard InChI is InChI=1S/C12H8BrFO2S/c1-16-10-4-5-17-12(10)11(15)8-6-7(14)2-3-9(8)13/h2-6H,1H3. The number of hydrogen-bond acceptors (Lipinski definition) is 3. The van der Waals surface area contributed by atoms with E-state index in [1.807, 2.05) is 0 Å². The summed E-state index contributed by atoms with van der Waals surface area (Å²) in [5, 5.41) is 1.76. The van der Waals surface area contributed by atoms with Crippen molar-refractivity contribution in [2.45, 2.75) is 0 Å². The van der Waals surface area contributed by atoms with Crippen molar-refractivity contribution in [3.63, 3.8) is 0 Å². The lowest BCUT2D eigenvalue weighted by molar-refractivity contribution is 0.103. The van der Waals surface area contributed by atoms with E-state index in [0.717, 1.165) is 0 Å². The number of ketones is 1. The van der Waals surface area contributed by atoms with Gasteiger partial charge in [-0.3, -0.25) is 4.79 Å². The number of carbonyl (C=O) groups excluding carboxylic acids is 1. The van der Waals surface area contributed by atoms with Gasteiger partial charge < -0.3 is 4.74 Å². The molecule has 0 aliphatic heterocycles. The molecule has 0 saturated heterocycles. The number of ether oxygens (including phenoxy) is 1. The second kappa shape index (κ2) is 4.98. The van der Waals surface area contributed by atoms with Gasteiger partial charge in [-0.2, -0.15) is 0 Å². The zero-order chi connectivity index (χ0) is 12.4. The van der Waals surface area contributed by atoms with Gasteiger partial charge in [-0.05, 0) is 29.6 Å². The Bertz CT molecular complexity index is 565. The van der Waals surface area contributed by atoms with Crippen molar-refractivity contribution in [3.8, 4) is 5.75 Å². The lowest BCUT2D eigenvalue weighted by Gasteiger charge is -2.04. The third kappa shape index (κ3) is 2.40. The summed E-state index contributed by atoms with van der Waals surface area (Å²) >= 11 is 4.51. The van der Waals surface area contributed by atoms with Crippen LogP contribution in [0.25, 0.3) is 0 Å². The highest BCUT2D eigenvalue weighted by molar-refractivity contribution is 9.10. The molecule has 0 unspecified atom stereocenters. The highest BCUT2D eigenvalue weighted by atomic mass is 79.9. The molecule has 0 atom stereocenters. The first-order chi connectivity index (χ1) is 8.13. The third-order valence-corrected chi connectivity index (χ3v) is 3.81. The quantitative estimate of drug-likeness (QED) is 0.803. The van der Waals surface area contributed by atoms with Gasteiger partial charge in [0.2, 0.25) is 5.78 Å². The van der Waals surface area contributed by atoms with E-state index < -0.39 is 5.82 Å². The predicted octanol–water partition coefficient (Wildman–Crippen LogP) is 3.89. The highest BCUT2D eigenvalue weighted by Gasteiger charge is 2.18. The Kier molecular flexibility index (Phi) is 3.59. The Balaban J connectivity index is 2.47. The number of hydrogen-bond donors (Lipinski definition) is 0. The second-order valence-corrected chi connectivity index (χ2v) is 5.04. The molecule has 88 valence electrons. The van der Waals surface area contributed by atoms with Gasteiger partial charge in [0.05, 0.1) is 7.11 Å². The van der Waals surface area contributed by atoms with Crippen molar-refractivity contribution in [1.29, 1.82) is 0 Å². The predicted molar refractivity (Wildman–Crippen MR) is 68.4 cm³/mol. The zero-order valence-electron chi connectivity index (χ0n) is 8.87. The van der Waals surface area contributed by atoms with E-state index in [9.17, 15) is 9.18 Å². The lowest BCUT2D eigenvalue weighted by atomic mass is 10.1. The summed E-state index contributed by atoms with van der Waals surface area (Å²) in [6, 6.07) is 5.74. The SMILES string of the molecule is COc1ccsc1C(=O)c1cc(F)ccc1Br. The minimum atomic E-state index is -0.438. The Labute approximate surface area is 110 Å². The summed E-state index contributed by atoms with van der Waals surface area (Å²) < 4.78 is 18.8. The lowest BCUT2D eigenvalue weighted by Crippen LogP contribution is -2.02. The van der Waals surface area contributed by atoms with Crippen molar-refractivity contribution in [3.05, 3.63) is 50.4 Å². The van der Waals surface area contributed by atoms with E-state index in [4.69, 9.17) is 4.74 Å². The van der Waals surface area contributed by atoms with Crippen LogP contribution in [0.2, 0.25) is 0 Å². The van der Waals surface area contributed by atoms with Crippen LogP contribution in [-0.4, -0.2) is 12.9 Å². The van der Waals surface area contributed by atoms with Gasteiger partial charge in [0.15, 0.2) is 0 Å². The van der Waals surface area contributed by atoms with Gasteiger partial charge in [0.1, 0.15) is 16.4 Å². The molecule has 5 heteroatoms. The molecular weight excluding hydrogens is 307 g/mol. The summed E-state index contributed by atoms with van der Waals surface area (Å²) in [7, 11) is 1.50. The molecule has 17 heavy (non-hydrogen) atoms. The Morgan fingerprint density at radius 1 is 1.41 bits per heavy atom. The van der Waals surface area contributed by atoms with Gasteiger partial charge in [0.25, 0.3) is 0 Å². The molecule has 2 rings (SSSR count). The van der Waals surface area contributed by atoms with Gasteiger partial charge in [0, 0.05) is 10.0 Å². The first kappa shape index (κ1) is 12.3. The molecule has 1 aromatic carbocycles. The van der Waals surface area contributed by atoms with Gasteiger partial charge >= 0.3 is 0 Å². The summed E-state index contributed by atoms with van der Waals surface area (Å²) in [5.74, 6) is -0.175. The molecule has 0 fully saturated rings. The van der Waals surface area contributed by atoms with Crippen LogP contribution in [0.15, 0.2) is 34.1 Å². The molecule has 1 heterocycles. The van der Waals surface area contributed by atoms with Crippen molar-refractivity contribution < 1.29 is 13.9 Å². The average Bonchev–Trinajstić information content (AvgIpc) is 2.79. The summed E-state index contributed by atoms with van der Waals surface area (Å²) in [6.45, 7) is 0. The minimum absolute atomic E-state index is 0.247. The van der Waals surface area contributed by atoms with Crippen LogP contribution in [0.1, 0.15) is 15.2 Å². The van der Waals surface area contributed by atoms with Crippen LogP contribution in [-0.2, 0) is 0 Å². The molecule has 0 bridgehead atoms. The molecular formula is C12H8BrFO2S. The maximum absolute atomic E-state index is 13.1. The van der Waals surface area contributed by atoms with Gasteiger partial charge in [-0.15, -0.1) is 11.3 Å². The molecule has 1 aromatic heterocycles. The van der Waals surface area contributed by atoms with Crippen LogP contribution in [0.5, 0.6) is 5.75 Å². The number of halogens is 2. The number of carbonyl (C=O) groups is 1. The van der Waals surface area contributed by atoms with E-state index >= 15 is 0 Å². The van der Waals surface area contributed by atoms with Crippen molar-refractivity contribution in [2.75, 3.05) is 7.11 Å². The van der Waals surface area contributed by atoms with E-state index in [-0.39, 0.29) is 5.78 Å². The molecule has 0 radical (unpaired) electrons. The van der Waals surface area contributed by atoms with E-state index in [1.54, 1.807) is 11.4 Å². The number of methoxy groups -OCH3 is 1. The Morgan fingerprint density at radius 3 is 2.88 bits per heavy atom. The summed E-state index contributed by atoms with van der Waals surface area (Å²) in [5.41, 5.74) is 0.297. The normalized spacial score (nSPS) is 10.3. The molecule has 2 nitrogen and oxygen atoms in total. The number of rotatable bonds is 3. The number of benzene rings is 1. The largest absolute Gasteiger partial charge is 0.495 e. The van der Waals surface area contributed by atoms with Crippen LogP contribution < -0.4 is 4.74 Å². The van der Waals surface area contributed by atoms with Crippen molar-refractivity contribution in [2.24, 2.45) is 0 Å². The average molecular weight is 315 g/mol. The molecule has 0 aliphatic carbocycles. The fourth-order valence-electron chi connectivity index (χ4n) is 1.42. The minimum Gasteiger partial charge on any atom is -0.495 e. The zero-order valence-corrected chi connectivity index (χ0v) is 11.3. The topological polar surface area (TPSA) is 26.3 Å². The van der Waals surface area contributed by atoms with E-state index in [0.29, 0.717) is 20.7 Å². The fourth-order valence-corrected chi connectivity index (χ4v) is 2.66. The van der Waals surface area contributed by atoms with E-state index in [1.165, 1.54) is 36.6 Å². The molecule has 0 saturated carbocycles. The Hall–Kier alpha value is -1.20. The third-order valence-electron chi connectivity index (χ3n) is 2.23. The first-order valence-corrected chi connectivity index (χ1v) is 6.42. The van der Waals surface area contributed by atoms with Gasteiger partial charge in [-0.25, -0.2) is 4.39 Å². The smallest absolute Gasteiger partial charge is 0.207 e. The van der Waals surface area contributed by atoms with Crippen molar-refractivity contribution in [1.82, 2.24) is 0 Å². The van der Waals surface area contributed by atoms with Crippen LogP contribution in [0, 0.1) is 5.82 Å². The maximum Gasteiger partial charge on any atom is 0.207 e. The van der Waals surface area contributed by atoms with Gasteiger partial charge in [-0.1, -0.05) is 15.9 Å². The molecule has 0 spiro atoms. The van der Waals surface area contributed by atoms with Crippen LogP contribution in [0.4, 0.5) is 4.39 Å². The molecule has 0 N–H and O–H groups in total. The monoisotopic (exact) mass is 314 g/mol. The molecule has 2 aromatic rings. The Morgan fingerprint density at radius 2 is 2.18 bits per heavy atom. The first-order valence-electron chi connectivity index (χ1n) is 4.74. The summed E-state index contributed by atoms with van der Waals surface area (Å²) in [4.78, 5) is 12.7. The van der Waals surface area contributed by atoms with Crippen molar-refractivity contribution >= 4 is 33.0 Å². The molecule has 0 amide bonds. The van der Waals surface area contributed by atoms with E-state index in [2.05, 4.69) is 15.9 Å². The second-order valence-electron chi connectivity index (χ2n) is 3.27. The number of thiophene rings is 1. The van der Waals surface area contributed by atoms with Crippen LogP contribution in [0.3, 0.4) is 0 Å². The fraction of sp³-hybridized carbons (Fsp3) is 0.0833. The van der Waals surface area contributed by atoms with Crippen LogP contribution >= 0.6 is 27.3 Å². The maximum atomic E-state index is 13.1. The highest BCUT2D eigenvalue weighted by Crippen LogP contribution is 2.29.